The summed E-state index contributed by atoms with van der Waals surface area (Å²) in [5.74, 6) is -0.228. The molecule has 7 heteroatoms. The topological polar surface area (TPSA) is 81.6 Å². The zero-order chi connectivity index (χ0) is 20.4. The molecule has 0 saturated heterocycles. The number of nitrogens with one attached hydrogen (secondary N) is 1. The van der Waals surface area contributed by atoms with E-state index in [0.29, 0.717) is 42.3 Å². The Bertz CT molecular complexity index is 724. The number of carbonyl (C=O) groups is 1. The van der Waals surface area contributed by atoms with Crippen LogP contribution in [0.3, 0.4) is 0 Å². The first-order valence-corrected chi connectivity index (χ1v) is 10.9. The molecule has 0 radical (unpaired) electrons. The minimum absolute atomic E-state index is 0.228. The van der Waals surface area contributed by atoms with Crippen LogP contribution in [0.5, 0.6) is 0 Å². The van der Waals surface area contributed by atoms with E-state index in [0.717, 1.165) is 17.5 Å². The molecule has 2 atom stereocenters. The first-order valence-electron chi connectivity index (χ1n) is 9.33. The van der Waals surface area contributed by atoms with E-state index in [1.165, 1.54) is 0 Å². The quantitative estimate of drug-likeness (QED) is 0.422. The maximum atomic E-state index is 12.2. The van der Waals surface area contributed by atoms with Gasteiger partial charge in [-0.3, -0.25) is 4.79 Å². The Kier molecular flexibility index (Phi) is 9.81. The van der Waals surface area contributed by atoms with Gasteiger partial charge < -0.3 is 14.4 Å². The number of carbonyl (C=O) groups excluding carboxylic acids is 1. The number of benzene rings is 2. The van der Waals surface area contributed by atoms with Crippen molar-refractivity contribution in [3.05, 3.63) is 64.7 Å². The van der Waals surface area contributed by atoms with E-state index in [4.69, 9.17) is 16.3 Å². The second-order valence-corrected chi connectivity index (χ2v) is 8.06. The molecule has 0 bridgehead atoms. The highest BCUT2D eigenvalue weighted by molar-refractivity contribution is 7.89. The lowest BCUT2D eigenvalue weighted by molar-refractivity contribution is -0.143. The molecule has 5 nitrogen and oxygen atoms in total. The highest BCUT2D eigenvalue weighted by Gasteiger charge is 2.11. The van der Waals surface area contributed by atoms with Gasteiger partial charge in [0, 0.05) is 18.0 Å². The number of aliphatic hydroxyl groups is 1. The van der Waals surface area contributed by atoms with Gasteiger partial charge in [0.15, 0.2) is 4.90 Å². The largest absolute Gasteiger partial charge is 0.593 e. The van der Waals surface area contributed by atoms with E-state index in [-0.39, 0.29) is 5.97 Å². The lowest BCUT2D eigenvalue weighted by atomic mass is 10.0. The second-order valence-electron chi connectivity index (χ2n) is 6.32. The predicted octanol–water partition coefficient (Wildman–Crippen LogP) is 3.96. The van der Waals surface area contributed by atoms with E-state index >= 15 is 0 Å². The van der Waals surface area contributed by atoms with Crippen molar-refractivity contribution in [2.75, 3.05) is 13.2 Å². The van der Waals surface area contributed by atoms with Crippen LogP contribution in [-0.2, 0) is 27.3 Å². The van der Waals surface area contributed by atoms with Gasteiger partial charge in [0.1, 0.15) is 0 Å². The molecule has 0 heterocycles. The first-order chi connectivity index (χ1) is 13.5. The first kappa shape index (κ1) is 22.7. The summed E-state index contributed by atoms with van der Waals surface area (Å²) in [5, 5.41) is 10.8. The minimum atomic E-state index is -1.27. The smallest absolute Gasteiger partial charge is 0.305 e. The summed E-state index contributed by atoms with van der Waals surface area (Å²) in [7, 11) is 0. The van der Waals surface area contributed by atoms with Gasteiger partial charge in [-0.1, -0.05) is 35.9 Å². The SMILES string of the molecule is CCOC(=O)CCCC(O)c1ccc(CCN[S+]([O-])c2ccc(Cl)cc2)cc1. The Morgan fingerprint density at radius 1 is 1.21 bits per heavy atom. The summed E-state index contributed by atoms with van der Waals surface area (Å²) >= 11 is 4.56. The summed E-state index contributed by atoms with van der Waals surface area (Å²) in [6, 6.07) is 14.6. The standard InChI is InChI=1S/C21H26ClNO4S/c1-2-27-21(25)5-3-4-20(24)17-8-6-16(7-9-17)14-15-23-28(26)19-12-10-18(22)11-13-19/h6-13,20,23-24H,2-5,14-15H2,1H3. The van der Waals surface area contributed by atoms with Crippen LogP contribution in [0.1, 0.15) is 43.4 Å². The van der Waals surface area contributed by atoms with Crippen molar-refractivity contribution in [3.8, 4) is 0 Å². The average Bonchev–Trinajstić information content (AvgIpc) is 2.69. The number of aliphatic hydroxyl groups excluding tert-OH is 1. The number of ether oxygens (including phenoxy) is 1. The third kappa shape index (κ3) is 7.81. The molecule has 0 aliphatic carbocycles. The van der Waals surface area contributed by atoms with Crippen LogP contribution in [0.4, 0.5) is 0 Å². The fraction of sp³-hybridized carbons (Fsp3) is 0.381. The average molecular weight is 424 g/mol. The summed E-state index contributed by atoms with van der Waals surface area (Å²) in [6.07, 6.45) is 1.54. The van der Waals surface area contributed by atoms with Gasteiger partial charge >= 0.3 is 5.97 Å². The van der Waals surface area contributed by atoms with Crippen LogP contribution in [0.25, 0.3) is 0 Å². The highest BCUT2D eigenvalue weighted by atomic mass is 35.5. The van der Waals surface area contributed by atoms with E-state index in [1.807, 2.05) is 24.3 Å². The van der Waals surface area contributed by atoms with Gasteiger partial charge in [0.2, 0.25) is 0 Å². The molecule has 152 valence electrons. The molecule has 2 unspecified atom stereocenters. The van der Waals surface area contributed by atoms with Crippen LogP contribution in [-0.4, -0.2) is 28.8 Å². The summed E-state index contributed by atoms with van der Waals surface area (Å²) < 4.78 is 20.0. The fourth-order valence-corrected chi connectivity index (χ4v) is 3.64. The fourth-order valence-electron chi connectivity index (χ4n) is 2.68. The van der Waals surface area contributed by atoms with E-state index in [9.17, 15) is 14.5 Å². The third-order valence-corrected chi connectivity index (χ3v) is 5.62. The van der Waals surface area contributed by atoms with Crippen molar-refractivity contribution in [2.24, 2.45) is 0 Å². The Morgan fingerprint density at radius 2 is 1.89 bits per heavy atom. The Hall–Kier alpha value is -1.57. The normalized spacial score (nSPS) is 13.1. The Morgan fingerprint density at radius 3 is 2.54 bits per heavy atom. The molecule has 0 spiro atoms. The molecule has 2 aromatic carbocycles. The molecule has 2 N–H and O–H groups in total. The Labute approximate surface area is 174 Å². The van der Waals surface area contributed by atoms with Crippen molar-refractivity contribution in [2.45, 2.75) is 43.6 Å². The zero-order valence-corrected chi connectivity index (χ0v) is 17.5. The van der Waals surface area contributed by atoms with E-state index in [1.54, 1.807) is 31.2 Å². The van der Waals surface area contributed by atoms with Gasteiger partial charge in [-0.15, -0.1) is 4.72 Å². The zero-order valence-electron chi connectivity index (χ0n) is 15.9. The van der Waals surface area contributed by atoms with Crippen LogP contribution in [0.15, 0.2) is 53.4 Å². The van der Waals surface area contributed by atoms with Gasteiger partial charge in [-0.25, -0.2) is 0 Å². The summed E-state index contributed by atoms with van der Waals surface area (Å²) in [5.41, 5.74) is 1.91. The van der Waals surface area contributed by atoms with Crippen molar-refractivity contribution < 1.29 is 19.2 Å². The molecule has 28 heavy (non-hydrogen) atoms. The minimum Gasteiger partial charge on any atom is -0.593 e. The second kappa shape index (κ2) is 12.1. The van der Waals surface area contributed by atoms with Crippen LogP contribution >= 0.6 is 11.6 Å². The van der Waals surface area contributed by atoms with Gasteiger partial charge in [0.25, 0.3) is 0 Å². The molecule has 0 aliphatic rings. The number of esters is 1. The summed E-state index contributed by atoms with van der Waals surface area (Å²) in [4.78, 5) is 12.0. The lowest BCUT2D eigenvalue weighted by Gasteiger charge is -2.12. The molecule has 2 rings (SSSR count). The van der Waals surface area contributed by atoms with Crippen molar-refractivity contribution in [1.29, 1.82) is 0 Å². The van der Waals surface area contributed by atoms with Gasteiger partial charge in [-0.2, -0.15) is 0 Å². The van der Waals surface area contributed by atoms with Crippen LogP contribution in [0.2, 0.25) is 5.02 Å². The third-order valence-electron chi connectivity index (χ3n) is 4.20. The molecule has 2 aromatic rings. The monoisotopic (exact) mass is 423 g/mol. The number of hydrogen-bond donors (Lipinski definition) is 2. The van der Waals surface area contributed by atoms with Gasteiger partial charge in [0.05, 0.1) is 24.1 Å². The van der Waals surface area contributed by atoms with E-state index in [2.05, 4.69) is 4.72 Å². The summed E-state index contributed by atoms with van der Waals surface area (Å²) in [6.45, 7) is 2.72. The number of hydrogen-bond acceptors (Lipinski definition) is 5. The maximum Gasteiger partial charge on any atom is 0.305 e. The number of halogens is 1. The Balaban J connectivity index is 1.72. The van der Waals surface area contributed by atoms with Gasteiger partial charge in [-0.05, 0) is 61.6 Å². The lowest BCUT2D eigenvalue weighted by Crippen LogP contribution is -2.25. The highest BCUT2D eigenvalue weighted by Crippen LogP contribution is 2.20. The number of rotatable bonds is 11. The molecular weight excluding hydrogens is 398 g/mol. The van der Waals surface area contributed by atoms with E-state index < -0.39 is 17.5 Å². The van der Waals surface area contributed by atoms with Crippen LogP contribution < -0.4 is 4.72 Å². The van der Waals surface area contributed by atoms with Crippen molar-refractivity contribution >= 4 is 28.9 Å². The maximum absolute atomic E-state index is 12.2. The molecule has 0 saturated carbocycles. The molecule has 0 fully saturated rings. The molecule has 0 aliphatic heterocycles. The molecular formula is C21H26ClNO4S. The van der Waals surface area contributed by atoms with Crippen LogP contribution in [0, 0.1) is 0 Å². The molecule has 0 amide bonds. The predicted molar refractivity (Wildman–Crippen MR) is 111 cm³/mol. The van der Waals surface area contributed by atoms with Crippen molar-refractivity contribution in [3.63, 3.8) is 0 Å². The molecule has 0 aromatic heterocycles. The van der Waals surface area contributed by atoms with Crippen molar-refractivity contribution in [1.82, 2.24) is 4.72 Å².